The van der Waals surface area contributed by atoms with E-state index in [1.165, 1.54) is 12.8 Å². The first-order valence-electron chi connectivity index (χ1n) is 8.18. The molecule has 0 spiro atoms. The van der Waals surface area contributed by atoms with Gasteiger partial charge in [-0.15, -0.1) is 0 Å². The van der Waals surface area contributed by atoms with Gasteiger partial charge in [-0.25, -0.2) is 0 Å². The maximum absolute atomic E-state index is 12.5. The lowest BCUT2D eigenvalue weighted by molar-refractivity contribution is -0.171. The average Bonchev–Trinajstić information content (AvgIpc) is 3.13. The lowest BCUT2D eigenvalue weighted by atomic mass is 9.77. The molecule has 0 aromatic rings. The largest absolute Gasteiger partial charge is 0.459 e. The molecule has 1 aliphatic rings. The molecule has 0 aromatic heterocycles. The normalized spacial score (nSPS) is 19.2. The SMILES string of the molecule is CCCCC(CC)CC1(C(C)(C)C(=O)OC(C)(C)C)OO1. The number of unbranched alkanes of at least 4 members (excludes halogenated alkanes) is 1. The molecule has 1 heterocycles. The zero-order valence-electron chi connectivity index (χ0n) is 14.7. The quantitative estimate of drug-likeness (QED) is 0.373. The first-order chi connectivity index (χ1) is 9.58. The highest BCUT2D eigenvalue weighted by Gasteiger charge is 2.65. The van der Waals surface area contributed by atoms with Gasteiger partial charge in [0.1, 0.15) is 11.0 Å². The molecule has 0 N–H and O–H groups in total. The number of ether oxygens (including phenoxy) is 1. The molecular formula is C17H32O4. The van der Waals surface area contributed by atoms with Crippen LogP contribution in [0.4, 0.5) is 0 Å². The molecule has 4 nitrogen and oxygen atoms in total. The van der Waals surface area contributed by atoms with Gasteiger partial charge in [0.25, 0.3) is 0 Å². The Morgan fingerprint density at radius 3 is 2.10 bits per heavy atom. The number of hydrogen-bond donors (Lipinski definition) is 0. The fraction of sp³-hybridized carbons (Fsp3) is 0.941. The average molecular weight is 300 g/mol. The van der Waals surface area contributed by atoms with Gasteiger partial charge in [-0.05, 0) is 40.5 Å². The van der Waals surface area contributed by atoms with E-state index in [-0.39, 0.29) is 5.97 Å². The van der Waals surface area contributed by atoms with Crippen molar-refractivity contribution in [3.8, 4) is 0 Å². The maximum atomic E-state index is 12.5. The Morgan fingerprint density at radius 2 is 1.71 bits per heavy atom. The first kappa shape index (κ1) is 18.4. The van der Waals surface area contributed by atoms with Gasteiger partial charge in [-0.1, -0.05) is 39.5 Å². The van der Waals surface area contributed by atoms with Crippen LogP contribution in [0.5, 0.6) is 0 Å². The van der Waals surface area contributed by atoms with E-state index in [2.05, 4.69) is 13.8 Å². The predicted octanol–water partition coefficient (Wildman–Crippen LogP) is 4.62. The van der Waals surface area contributed by atoms with Gasteiger partial charge in [0.15, 0.2) is 0 Å². The Kier molecular flexibility index (Phi) is 5.84. The maximum Gasteiger partial charge on any atom is 0.317 e. The third-order valence-electron chi connectivity index (χ3n) is 4.25. The highest BCUT2D eigenvalue weighted by molar-refractivity contribution is 5.78. The number of carbonyl (C=O) groups excluding carboxylic acids is 1. The molecule has 21 heavy (non-hydrogen) atoms. The van der Waals surface area contributed by atoms with Gasteiger partial charge >= 0.3 is 5.97 Å². The Labute approximate surface area is 129 Å². The molecule has 1 aliphatic heterocycles. The minimum absolute atomic E-state index is 0.266. The van der Waals surface area contributed by atoms with Crippen LogP contribution in [0.3, 0.4) is 0 Å². The molecule has 0 amide bonds. The van der Waals surface area contributed by atoms with E-state index in [9.17, 15) is 4.79 Å². The minimum Gasteiger partial charge on any atom is -0.459 e. The van der Waals surface area contributed by atoms with Gasteiger partial charge in [0.05, 0.1) is 0 Å². The van der Waals surface area contributed by atoms with Crippen LogP contribution >= 0.6 is 0 Å². The number of carbonyl (C=O) groups is 1. The Morgan fingerprint density at radius 1 is 1.14 bits per heavy atom. The molecule has 0 radical (unpaired) electrons. The summed E-state index contributed by atoms with van der Waals surface area (Å²) in [7, 11) is 0. The molecule has 4 heteroatoms. The van der Waals surface area contributed by atoms with E-state index in [1.54, 1.807) is 0 Å². The molecule has 1 fully saturated rings. The van der Waals surface area contributed by atoms with Crippen molar-refractivity contribution in [2.45, 2.75) is 92.0 Å². The van der Waals surface area contributed by atoms with Gasteiger partial charge in [-0.3, -0.25) is 4.79 Å². The summed E-state index contributed by atoms with van der Waals surface area (Å²) in [5, 5.41) is 0. The van der Waals surface area contributed by atoms with Crippen molar-refractivity contribution < 1.29 is 19.3 Å². The highest BCUT2D eigenvalue weighted by Crippen LogP contribution is 2.52. The molecule has 1 rings (SSSR count). The molecule has 0 aromatic carbocycles. The lowest BCUT2D eigenvalue weighted by Crippen LogP contribution is -2.45. The molecule has 0 saturated carbocycles. The zero-order valence-corrected chi connectivity index (χ0v) is 14.7. The van der Waals surface area contributed by atoms with E-state index < -0.39 is 16.8 Å². The van der Waals surface area contributed by atoms with Crippen molar-refractivity contribution in [3.05, 3.63) is 0 Å². The first-order valence-corrected chi connectivity index (χ1v) is 8.18. The second kappa shape index (κ2) is 6.66. The van der Waals surface area contributed by atoms with Gasteiger partial charge in [0.2, 0.25) is 5.79 Å². The van der Waals surface area contributed by atoms with Crippen LogP contribution in [0.2, 0.25) is 0 Å². The van der Waals surface area contributed by atoms with Crippen molar-refractivity contribution in [1.82, 2.24) is 0 Å². The number of esters is 1. The molecule has 0 bridgehead atoms. The summed E-state index contributed by atoms with van der Waals surface area (Å²) in [4.78, 5) is 23.1. The van der Waals surface area contributed by atoms with Crippen LogP contribution < -0.4 is 0 Å². The van der Waals surface area contributed by atoms with Crippen molar-refractivity contribution >= 4 is 5.97 Å². The number of hydrogen-bond acceptors (Lipinski definition) is 4. The standard InChI is InChI=1S/C17H32O4/c1-8-10-11-13(9-2)12-17(20-21-17)16(6,7)14(18)19-15(3,4)5/h13H,8-12H2,1-7H3. The Balaban J connectivity index is 2.74. The van der Waals surface area contributed by atoms with Crippen LogP contribution in [0, 0.1) is 11.3 Å². The fourth-order valence-electron chi connectivity index (χ4n) is 2.47. The molecule has 1 atom stereocenters. The molecule has 1 saturated heterocycles. The van der Waals surface area contributed by atoms with Crippen molar-refractivity contribution in [3.63, 3.8) is 0 Å². The third kappa shape index (κ3) is 4.68. The molecule has 1 unspecified atom stereocenters. The topological polar surface area (TPSA) is 51.4 Å². The molecular weight excluding hydrogens is 268 g/mol. The summed E-state index contributed by atoms with van der Waals surface area (Å²) in [5.74, 6) is -0.573. The Hall–Kier alpha value is -0.610. The van der Waals surface area contributed by atoms with Crippen molar-refractivity contribution in [2.75, 3.05) is 0 Å². The summed E-state index contributed by atoms with van der Waals surface area (Å²) in [5.41, 5.74) is -1.31. The Bertz CT molecular complexity index is 350. The second-order valence-electron chi connectivity index (χ2n) is 7.67. The fourth-order valence-corrected chi connectivity index (χ4v) is 2.47. The third-order valence-corrected chi connectivity index (χ3v) is 4.25. The van der Waals surface area contributed by atoms with E-state index in [1.807, 2.05) is 34.6 Å². The monoisotopic (exact) mass is 300 g/mol. The van der Waals surface area contributed by atoms with Gasteiger partial charge < -0.3 is 4.74 Å². The van der Waals surface area contributed by atoms with Crippen LogP contribution in [0.1, 0.15) is 80.6 Å². The smallest absolute Gasteiger partial charge is 0.317 e. The van der Waals surface area contributed by atoms with Gasteiger partial charge in [0, 0.05) is 6.42 Å². The van der Waals surface area contributed by atoms with Gasteiger partial charge in [-0.2, -0.15) is 9.78 Å². The number of rotatable bonds is 8. The van der Waals surface area contributed by atoms with Crippen LogP contribution in [0.15, 0.2) is 0 Å². The van der Waals surface area contributed by atoms with Crippen LogP contribution in [0.25, 0.3) is 0 Å². The summed E-state index contributed by atoms with van der Waals surface area (Å²) >= 11 is 0. The summed E-state index contributed by atoms with van der Waals surface area (Å²) in [6.07, 6.45) is 5.34. The zero-order chi connectivity index (χ0) is 16.3. The van der Waals surface area contributed by atoms with E-state index in [0.717, 1.165) is 19.3 Å². The summed E-state index contributed by atoms with van der Waals surface area (Å²) in [6, 6.07) is 0. The predicted molar refractivity (Wildman–Crippen MR) is 82.5 cm³/mol. The highest BCUT2D eigenvalue weighted by atomic mass is 17.4. The van der Waals surface area contributed by atoms with E-state index in [4.69, 9.17) is 14.5 Å². The second-order valence-corrected chi connectivity index (χ2v) is 7.67. The summed E-state index contributed by atoms with van der Waals surface area (Å²) in [6.45, 7) is 13.7. The minimum atomic E-state index is -0.816. The van der Waals surface area contributed by atoms with E-state index in [0.29, 0.717) is 5.92 Å². The van der Waals surface area contributed by atoms with Crippen LogP contribution in [-0.2, 0) is 19.3 Å². The van der Waals surface area contributed by atoms with E-state index >= 15 is 0 Å². The summed E-state index contributed by atoms with van der Waals surface area (Å²) < 4.78 is 5.53. The lowest BCUT2D eigenvalue weighted by Gasteiger charge is -2.31. The molecule has 124 valence electrons. The van der Waals surface area contributed by atoms with Crippen molar-refractivity contribution in [2.24, 2.45) is 11.3 Å². The van der Waals surface area contributed by atoms with Crippen LogP contribution in [-0.4, -0.2) is 17.4 Å². The van der Waals surface area contributed by atoms with Crippen molar-refractivity contribution in [1.29, 1.82) is 0 Å². The molecule has 0 aliphatic carbocycles.